The molecule has 2 aromatic carbocycles. The van der Waals surface area contributed by atoms with Gasteiger partial charge in [0.25, 0.3) is 0 Å². The van der Waals surface area contributed by atoms with Gasteiger partial charge in [-0.25, -0.2) is 8.42 Å². The van der Waals surface area contributed by atoms with Crippen LogP contribution in [0.5, 0.6) is 5.75 Å². The van der Waals surface area contributed by atoms with Crippen LogP contribution in [-0.4, -0.2) is 21.8 Å². The molecule has 0 saturated heterocycles. The van der Waals surface area contributed by atoms with Crippen LogP contribution in [0.15, 0.2) is 59.5 Å². The van der Waals surface area contributed by atoms with Crippen LogP contribution in [0.3, 0.4) is 0 Å². The predicted octanol–water partition coefficient (Wildman–Crippen LogP) is 5.38. The van der Waals surface area contributed by atoms with Crippen LogP contribution in [0.2, 0.25) is 0 Å². The first-order chi connectivity index (χ1) is 13.5. The molecule has 2 aliphatic rings. The third-order valence-electron chi connectivity index (χ3n) is 5.39. The average molecular weight is 420 g/mol. The molecule has 1 saturated carbocycles. The van der Waals surface area contributed by atoms with Gasteiger partial charge in [-0.15, -0.1) is 0 Å². The van der Waals surface area contributed by atoms with Crippen molar-refractivity contribution < 1.29 is 26.3 Å². The van der Waals surface area contributed by atoms with Crippen LogP contribution in [-0.2, 0) is 16.0 Å². The summed E-state index contributed by atoms with van der Waals surface area (Å²) in [6.07, 6.45) is 2.60. The molecular formula is C22H19F3O3S. The van der Waals surface area contributed by atoms with Gasteiger partial charge < -0.3 is 4.74 Å². The van der Waals surface area contributed by atoms with Crippen molar-refractivity contribution in [3.63, 3.8) is 0 Å². The van der Waals surface area contributed by atoms with E-state index in [2.05, 4.69) is 6.08 Å². The van der Waals surface area contributed by atoms with E-state index in [1.54, 1.807) is 18.2 Å². The number of benzene rings is 2. The minimum Gasteiger partial charge on any atom is -0.496 e. The molecule has 0 N–H and O–H groups in total. The van der Waals surface area contributed by atoms with Gasteiger partial charge >= 0.3 is 6.18 Å². The Bertz CT molecular complexity index is 1140. The predicted molar refractivity (Wildman–Crippen MR) is 105 cm³/mol. The second-order valence-electron chi connectivity index (χ2n) is 7.56. The van der Waals surface area contributed by atoms with Gasteiger partial charge in [0.1, 0.15) is 5.75 Å². The summed E-state index contributed by atoms with van der Waals surface area (Å²) in [4.78, 5) is 0.204. The van der Waals surface area contributed by atoms with Crippen molar-refractivity contribution in [2.75, 3.05) is 13.4 Å². The minimum atomic E-state index is -4.53. The highest BCUT2D eigenvalue weighted by Gasteiger charge is 2.43. The van der Waals surface area contributed by atoms with Crippen molar-refractivity contribution >= 4 is 21.0 Å². The SMILES string of the molecule is COc1ccc(C2=CC3(C=C2c2ccc(S(C)(=O)=O)cc2)CC3)cc1C(F)(F)F. The summed E-state index contributed by atoms with van der Waals surface area (Å²) in [6, 6.07) is 10.5. The molecule has 3 nitrogen and oxygen atoms in total. The van der Waals surface area contributed by atoms with Crippen LogP contribution in [0.1, 0.15) is 29.5 Å². The number of allylic oxidation sites excluding steroid dienone is 4. The van der Waals surface area contributed by atoms with E-state index >= 15 is 0 Å². The van der Waals surface area contributed by atoms with Crippen molar-refractivity contribution in [1.29, 1.82) is 0 Å². The van der Waals surface area contributed by atoms with Crippen molar-refractivity contribution in [2.45, 2.75) is 23.9 Å². The van der Waals surface area contributed by atoms with Gasteiger partial charge in [-0.3, -0.25) is 0 Å². The number of sulfone groups is 1. The summed E-state index contributed by atoms with van der Waals surface area (Å²) >= 11 is 0. The van der Waals surface area contributed by atoms with E-state index < -0.39 is 21.6 Å². The number of rotatable bonds is 4. The monoisotopic (exact) mass is 420 g/mol. The van der Waals surface area contributed by atoms with Gasteiger partial charge in [0.2, 0.25) is 0 Å². The molecule has 0 aromatic heterocycles. The Morgan fingerprint density at radius 3 is 1.97 bits per heavy atom. The lowest BCUT2D eigenvalue weighted by Crippen LogP contribution is -2.08. The molecule has 4 rings (SSSR count). The standard InChI is InChI=1S/C22H19F3O3S/c1-28-20-8-5-15(11-19(20)22(23,24)25)18-13-21(9-10-21)12-17(18)14-3-6-16(7-4-14)29(2,26)27/h3-8,11-13H,9-10H2,1-2H3. The van der Waals surface area contributed by atoms with Gasteiger partial charge in [-0.05, 0) is 59.4 Å². The smallest absolute Gasteiger partial charge is 0.419 e. The van der Waals surface area contributed by atoms with Gasteiger partial charge in [-0.2, -0.15) is 13.2 Å². The molecule has 2 aliphatic carbocycles. The van der Waals surface area contributed by atoms with E-state index in [9.17, 15) is 21.6 Å². The summed E-state index contributed by atoms with van der Waals surface area (Å²) in [5, 5.41) is 0. The summed E-state index contributed by atoms with van der Waals surface area (Å²) in [5.74, 6) is -0.219. The van der Waals surface area contributed by atoms with Crippen molar-refractivity contribution in [2.24, 2.45) is 5.41 Å². The van der Waals surface area contributed by atoms with Crippen LogP contribution in [0, 0.1) is 5.41 Å². The second-order valence-corrected chi connectivity index (χ2v) is 9.57. The summed E-state index contributed by atoms with van der Waals surface area (Å²) < 4.78 is 68.7. The molecule has 0 amide bonds. The Kier molecular flexibility index (Phi) is 4.42. The number of alkyl halides is 3. The molecule has 7 heteroatoms. The van der Waals surface area contributed by atoms with Crippen LogP contribution < -0.4 is 4.74 Å². The van der Waals surface area contributed by atoms with Gasteiger partial charge in [0.15, 0.2) is 9.84 Å². The highest BCUT2D eigenvalue weighted by Crippen LogP contribution is 2.58. The molecule has 2 aromatic rings. The maximum absolute atomic E-state index is 13.5. The molecule has 0 unspecified atom stereocenters. The first-order valence-corrected chi connectivity index (χ1v) is 10.9. The lowest BCUT2D eigenvalue weighted by molar-refractivity contribution is -0.138. The largest absolute Gasteiger partial charge is 0.496 e. The lowest BCUT2D eigenvalue weighted by atomic mass is 9.93. The first-order valence-electron chi connectivity index (χ1n) is 9.05. The maximum Gasteiger partial charge on any atom is 0.419 e. The highest BCUT2D eigenvalue weighted by molar-refractivity contribution is 7.90. The topological polar surface area (TPSA) is 43.4 Å². The van der Waals surface area contributed by atoms with E-state index in [1.807, 2.05) is 6.08 Å². The number of hydrogen-bond acceptors (Lipinski definition) is 3. The molecule has 0 heterocycles. The third-order valence-corrected chi connectivity index (χ3v) is 6.52. The Morgan fingerprint density at radius 2 is 1.48 bits per heavy atom. The molecule has 29 heavy (non-hydrogen) atoms. The quantitative estimate of drug-likeness (QED) is 0.667. The van der Waals surface area contributed by atoms with Gasteiger partial charge in [0.05, 0.1) is 17.6 Å². The zero-order valence-corrected chi connectivity index (χ0v) is 16.7. The summed E-state index contributed by atoms with van der Waals surface area (Å²) in [6.45, 7) is 0. The Labute approximate surface area is 167 Å². The molecule has 0 bridgehead atoms. The number of hydrogen-bond donors (Lipinski definition) is 0. The Hall–Kier alpha value is -2.54. The minimum absolute atomic E-state index is 0.113. The normalized spacial score (nSPS) is 17.8. The summed E-state index contributed by atoms with van der Waals surface area (Å²) in [5.41, 5.74) is 1.85. The zero-order valence-electron chi connectivity index (χ0n) is 15.9. The van der Waals surface area contributed by atoms with Crippen molar-refractivity contribution in [3.05, 3.63) is 71.3 Å². The Balaban J connectivity index is 1.79. The van der Waals surface area contributed by atoms with E-state index in [4.69, 9.17) is 4.74 Å². The Morgan fingerprint density at radius 1 is 0.931 bits per heavy atom. The van der Waals surface area contributed by atoms with Crippen LogP contribution in [0.4, 0.5) is 13.2 Å². The fourth-order valence-electron chi connectivity index (χ4n) is 3.66. The van der Waals surface area contributed by atoms with E-state index in [0.717, 1.165) is 41.9 Å². The van der Waals surface area contributed by atoms with Gasteiger partial charge in [-0.1, -0.05) is 30.4 Å². The molecular weight excluding hydrogens is 401 g/mol. The lowest BCUT2D eigenvalue weighted by Gasteiger charge is -2.16. The van der Waals surface area contributed by atoms with E-state index in [0.29, 0.717) is 5.56 Å². The van der Waals surface area contributed by atoms with Crippen molar-refractivity contribution in [1.82, 2.24) is 0 Å². The molecule has 1 spiro atoms. The molecule has 1 fully saturated rings. The van der Waals surface area contributed by atoms with E-state index in [-0.39, 0.29) is 16.1 Å². The van der Waals surface area contributed by atoms with Crippen LogP contribution in [0.25, 0.3) is 11.1 Å². The second kappa shape index (κ2) is 6.49. The summed E-state index contributed by atoms with van der Waals surface area (Å²) in [7, 11) is -2.11. The molecule has 0 radical (unpaired) electrons. The van der Waals surface area contributed by atoms with Crippen molar-refractivity contribution in [3.8, 4) is 5.75 Å². The average Bonchev–Trinajstić information content (AvgIpc) is 3.30. The maximum atomic E-state index is 13.5. The van der Waals surface area contributed by atoms with E-state index in [1.165, 1.54) is 25.3 Å². The molecule has 0 aliphatic heterocycles. The number of ether oxygens (including phenoxy) is 1. The zero-order chi connectivity index (χ0) is 21.0. The third kappa shape index (κ3) is 3.71. The van der Waals surface area contributed by atoms with Crippen LogP contribution >= 0.6 is 0 Å². The number of methoxy groups -OCH3 is 1. The fraction of sp³-hybridized carbons (Fsp3) is 0.273. The first kappa shape index (κ1) is 19.8. The highest BCUT2D eigenvalue weighted by atomic mass is 32.2. The number of halogens is 3. The molecule has 0 atom stereocenters. The molecule has 152 valence electrons. The van der Waals surface area contributed by atoms with Gasteiger partial charge in [0, 0.05) is 11.7 Å². The fourth-order valence-corrected chi connectivity index (χ4v) is 4.29.